The Kier molecular flexibility index (Phi) is 9.27. The summed E-state index contributed by atoms with van der Waals surface area (Å²) in [5, 5.41) is 27.8. The minimum Gasteiger partial charge on any atom is -0.480 e. The monoisotopic (exact) mass is 519 g/mol. The summed E-state index contributed by atoms with van der Waals surface area (Å²) in [5.41, 5.74) is 1.04. The maximum Gasteiger partial charge on any atom is 0.317 e. The third kappa shape index (κ3) is 8.64. The molecule has 160 valence electrons. The Balaban J connectivity index is 2.26. The summed E-state index contributed by atoms with van der Waals surface area (Å²) in [5.74, 6) is -2.90. The Labute approximate surface area is 183 Å². The Morgan fingerprint density at radius 1 is 0.828 bits per heavy atom. The maximum absolute atomic E-state index is 11.5. The lowest BCUT2D eigenvalue weighted by molar-refractivity contribution is -0.140. The van der Waals surface area contributed by atoms with E-state index < -0.39 is 17.9 Å². The van der Waals surface area contributed by atoms with E-state index in [-0.39, 0.29) is 25.7 Å². The van der Waals surface area contributed by atoms with Crippen LogP contribution >= 0.6 is 22.6 Å². The third-order valence-electron chi connectivity index (χ3n) is 4.86. The highest BCUT2D eigenvalue weighted by Gasteiger charge is 2.27. The zero-order valence-corrected chi connectivity index (χ0v) is 18.2. The van der Waals surface area contributed by atoms with E-state index in [2.05, 4.69) is 22.6 Å². The largest absolute Gasteiger partial charge is 0.480 e. The van der Waals surface area contributed by atoms with Crippen LogP contribution in [0.2, 0.25) is 0 Å². The molecular weight excluding hydrogens is 493 g/mol. The molecule has 1 aliphatic rings. The summed E-state index contributed by atoms with van der Waals surface area (Å²) in [7, 11) is 0. The third-order valence-corrected chi connectivity index (χ3v) is 5.58. The van der Waals surface area contributed by atoms with E-state index in [1.807, 2.05) is 29.2 Å². The van der Waals surface area contributed by atoms with Gasteiger partial charge in [0.25, 0.3) is 0 Å². The molecule has 1 fully saturated rings. The van der Waals surface area contributed by atoms with Crippen molar-refractivity contribution < 1.29 is 29.7 Å². The van der Waals surface area contributed by atoms with Crippen molar-refractivity contribution in [3.05, 3.63) is 33.4 Å². The number of rotatable bonds is 8. The molecule has 3 N–H and O–H groups in total. The van der Waals surface area contributed by atoms with Crippen LogP contribution in [-0.4, -0.2) is 106 Å². The summed E-state index contributed by atoms with van der Waals surface area (Å²) < 4.78 is 1.10. The highest BCUT2D eigenvalue weighted by molar-refractivity contribution is 14.1. The van der Waals surface area contributed by atoms with Gasteiger partial charge in [-0.15, -0.1) is 0 Å². The fraction of sp³-hybridized carbons (Fsp3) is 0.526. The van der Waals surface area contributed by atoms with Crippen molar-refractivity contribution in [1.82, 2.24) is 14.7 Å². The summed E-state index contributed by atoms with van der Waals surface area (Å²) in [6.07, 6.45) is 0.583. The standard InChI is InChI=1S/C19H26IN3O6/c20-15-3-1-14(2-4-15)9-16-10-22(12-18(26)27)6-5-21(11-17(24)25)7-8-23(16)13-19(28)29/h1-4,16H,5-13H2,(H,24,25)(H,26,27)(H,28,29). The second-order valence-electron chi connectivity index (χ2n) is 7.15. The van der Waals surface area contributed by atoms with Crippen LogP contribution in [-0.2, 0) is 20.8 Å². The molecule has 9 nitrogen and oxygen atoms in total. The smallest absolute Gasteiger partial charge is 0.317 e. The first kappa shape index (κ1) is 23.5. The van der Waals surface area contributed by atoms with Crippen molar-refractivity contribution in [2.75, 3.05) is 52.4 Å². The average Bonchev–Trinajstić information content (AvgIpc) is 2.68. The van der Waals surface area contributed by atoms with E-state index >= 15 is 0 Å². The molecule has 1 aliphatic heterocycles. The van der Waals surface area contributed by atoms with E-state index in [0.29, 0.717) is 39.1 Å². The minimum atomic E-state index is -0.966. The number of hydrogen-bond donors (Lipinski definition) is 3. The molecule has 0 spiro atoms. The lowest BCUT2D eigenvalue weighted by Crippen LogP contribution is -2.49. The van der Waals surface area contributed by atoms with Crippen molar-refractivity contribution in [3.63, 3.8) is 0 Å². The van der Waals surface area contributed by atoms with Gasteiger partial charge >= 0.3 is 17.9 Å². The van der Waals surface area contributed by atoms with Crippen LogP contribution in [0, 0.1) is 3.57 Å². The molecule has 0 aromatic heterocycles. The van der Waals surface area contributed by atoms with E-state index in [1.54, 1.807) is 9.80 Å². The van der Waals surface area contributed by atoms with Crippen LogP contribution < -0.4 is 0 Å². The molecule has 0 radical (unpaired) electrons. The zero-order chi connectivity index (χ0) is 21.4. The number of aliphatic carboxylic acids is 3. The molecular formula is C19H26IN3O6. The molecule has 1 saturated heterocycles. The molecule has 10 heteroatoms. The fourth-order valence-electron chi connectivity index (χ4n) is 3.50. The summed E-state index contributed by atoms with van der Waals surface area (Å²) >= 11 is 2.22. The predicted octanol–water partition coefficient (Wildman–Crippen LogP) is 0.376. The summed E-state index contributed by atoms with van der Waals surface area (Å²) in [4.78, 5) is 39.2. The van der Waals surface area contributed by atoms with Crippen molar-refractivity contribution in [1.29, 1.82) is 0 Å². The number of halogens is 1. The SMILES string of the molecule is O=C(O)CN1CCN(CC(=O)O)CC(Cc2ccc(I)cc2)N(CC(=O)O)CC1. The molecule has 0 aliphatic carbocycles. The maximum atomic E-state index is 11.5. The Morgan fingerprint density at radius 3 is 1.93 bits per heavy atom. The second kappa shape index (κ2) is 11.4. The first-order valence-corrected chi connectivity index (χ1v) is 10.4. The van der Waals surface area contributed by atoms with Gasteiger partial charge in [-0.3, -0.25) is 29.1 Å². The predicted molar refractivity (Wildman–Crippen MR) is 114 cm³/mol. The number of hydrogen-bond acceptors (Lipinski definition) is 6. The molecule has 2 rings (SSSR count). The van der Waals surface area contributed by atoms with Crippen molar-refractivity contribution in [2.45, 2.75) is 12.5 Å². The molecule has 29 heavy (non-hydrogen) atoms. The molecule has 0 saturated carbocycles. The van der Waals surface area contributed by atoms with Crippen molar-refractivity contribution >= 4 is 40.5 Å². The molecule has 1 aromatic carbocycles. The van der Waals surface area contributed by atoms with Gasteiger partial charge in [0.1, 0.15) is 0 Å². The number of benzene rings is 1. The molecule has 1 atom stereocenters. The Morgan fingerprint density at radius 2 is 1.34 bits per heavy atom. The van der Waals surface area contributed by atoms with Crippen molar-refractivity contribution in [2.24, 2.45) is 0 Å². The minimum absolute atomic E-state index is 0.163. The number of carboxylic acid groups (broad SMARTS) is 3. The number of nitrogens with zero attached hydrogens (tertiary/aromatic N) is 3. The van der Waals surface area contributed by atoms with Gasteiger partial charge in [0.2, 0.25) is 0 Å². The highest BCUT2D eigenvalue weighted by atomic mass is 127. The van der Waals surface area contributed by atoms with Gasteiger partial charge in [0.15, 0.2) is 0 Å². The normalized spacial score (nSPS) is 19.8. The van der Waals surface area contributed by atoms with Gasteiger partial charge in [0.05, 0.1) is 19.6 Å². The summed E-state index contributed by atoms with van der Waals surface area (Å²) in [6.45, 7) is 1.50. The van der Waals surface area contributed by atoms with E-state index in [0.717, 1.165) is 9.13 Å². The average molecular weight is 519 g/mol. The van der Waals surface area contributed by atoms with Crippen LogP contribution in [0.5, 0.6) is 0 Å². The topological polar surface area (TPSA) is 122 Å². The van der Waals surface area contributed by atoms with Crippen LogP contribution in [0.4, 0.5) is 0 Å². The molecule has 1 unspecified atom stereocenters. The molecule has 0 bridgehead atoms. The molecule has 0 amide bonds. The Hall–Kier alpha value is -1.76. The van der Waals surface area contributed by atoms with Crippen LogP contribution in [0.3, 0.4) is 0 Å². The number of carboxylic acids is 3. The number of carbonyl (C=O) groups is 3. The van der Waals surface area contributed by atoms with Crippen LogP contribution in [0.1, 0.15) is 5.56 Å². The van der Waals surface area contributed by atoms with Crippen LogP contribution in [0.25, 0.3) is 0 Å². The second-order valence-corrected chi connectivity index (χ2v) is 8.39. The Bertz CT molecular complexity index is 714. The lowest BCUT2D eigenvalue weighted by Gasteiger charge is -2.33. The van der Waals surface area contributed by atoms with Gasteiger partial charge in [-0.1, -0.05) is 12.1 Å². The van der Waals surface area contributed by atoms with E-state index in [1.165, 1.54) is 0 Å². The van der Waals surface area contributed by atoms with Gasteiger partial charge in [-0.05, 0) is 46.7 Å². The summed E-state index contributed by atoms with van der Waals surface area (Å²) in [6, 6.07) is 7.75. The van der Waals surface area contributed by atoms with Gasteiger partial charge < -0.3 is 15.3 Å². The van der Waals surface area contributed by atoms with Gasteiger partial charge in [0, 0.05) is 42.3 Å². The lowest BCUT2D eigenvalue weighted by atomic mass is 10.0. The van der Waals surface area contributed by atoms with E-state index in [9.17, 15) is 24.6 Å². The molecule has 1 aromatic rings. The first-order chi connectivity index (χ1) is 13.7. The fourth-order valence-corrected chi connectivity index (χ4v) is 3.86. The van der Waals surface area contributed by atoms with E-state index in [4.69, 9.17) is 5.11 Å². The quantitative estimate of drug-likeness (QED) is 0.419. The highest BCUT2D eigenvalue weighted by Crippen LogP contribution is 2.15. The van der Waals surface area contributed by atoms with Crippen molar-refractivity contribution in [3.8, 4) is 0 Å². The first-order valence-electron chi connectivity index (χ1n) is 9.31. The van der Waals surface area contributed by atoms with Gasteiger partial charge in [-0.25, -0.2) is 0 Å². The zero-order valence-electron chi connectivity index (χ0n) is 16.0. The van der Waals surface area contributed by atoms with Gasteiger partial charge in [-0.2, -0.15) is 0 Å². The van der Waals surface area contributed by atoms with Crippen LogP contribution in [0.15, 0.2) is 24.3 Å². The molecule has 1 heterocycles.